The molecule has 0 fully saturated rings. The molecule has 0 spiro atoms. The highest BCUT2D eigenvalue weighted by molar-refractivity contribution is 5.86. The predicted molar refractivity (Wildman–Crippen MR) is 53.8 cm³/mol. The number of nitrogens with zero attached hydrogens (tertiary/aromatic N) is 1. The van der Waals surface area contributed by atoms with Crippen molar-refractivity contribution in [1.29, 1.82) is 0 Å². The third kappa shape index (κ3) is 2.46. The van der Waals surface area contributed by atoms with Gasteiger partial charge in [-0.25, -0.2) is 18.6 Å². The summed E-state index contributed by atoms with van der Waals surface area (Å²) < 4.78 is 68.4. The number of aromatic carboxylic acids is 1. The number of hydrogen-bond acceptors (Lipinski definition) is 3. The molecule has 0 aliphatic heterocycles. The molecule has 0 saturated carbocycles. The highest BCUT2D eigenvalue weighted by atomic mass is 19.4. The summed E-state index contributed by atoms with van der Waals surface area (Å²) in [6.45, 7) is 0. The molecule has 0 aliphatic carbocycles. The van der Waals surface area contributed by atoms with Gasteiger partial charge in [-0.1, -0.05) is 0 Å². The monoisotopic (exact) mass is 293 g/mol. The number of alkyl halides is 3. The summed E-state index contributed by atoms with van der Waals surface area (Å²) in [6, 6.07) is 1.94. The average Bonchev–Trinajstić information content (AvgIpc) is 2.77. The number of carbonyl (C=O) groups is 1. The van der Waals surface area contributed by atoms with Crippen molar-refractivity contribution >= 4 is 5.97 Å². The van der Waals surface area contributed by atoms with E-state index in [1.165, 1.54) is 0 Å². The Bertz CT molecular complexity index is 677. The maximum absolute atomic E-state index is 13.4. The molecule has 0 amide bonds. The molecule has 0 unspecified atom stereocenters. The van der Waals surface area contributed by atoms with Crippen LogP contribution in [0.2, 0.25) is 0 Å². The van der Waals surface area contributed by atoms with Gasteiger partial charge in [0.2, 0.25) is 11.7 Å². The van der Waals surface area contributed by atoms with E-state index in [-0.39, 0.29) is 0 Å². The zero-order valence-electron chi connectivity index (χ0n) is 9.33. The number of benzene rings is 1. The maximum Gasteiger partial charge on any atom is 0.437 e. The normalized spacial score (nSPS) is 11.7. The fourth-order valence-corrected chi connectivity index (χ4v) is 1.43. The van der Waals surface area contributed by atoms with E-state index in [1.54, 1.807) is 0 Å². The van der Waals surface area contributed by atoms with Crippen LogP contribution in [0.5, 0.6) is 0 Å². The molecular weight excluding hydrogens is 289 g/mol. The minimum Gasteiger partial charge on any atom is -0.475 e. The van der Waals surface area contributed by atoms with E-state index in [1.807, 2.05) is 0 Å². The van der Waals surface area contributed by atoms with Gasteiger partial charge in [0.15, 0.2) is 5.69 Å². The molecule has 9 heteroatoms. The van der Waals surface area contributed by atoms with Gasteiger partial charge in [0.25, 0.3) is 0 Å². The highest BCUT2D eigenvalue weighted by Crippen LogP contribution is 2.35. The van der Waals surface area contributed by atoms with Crippen molar-refractivity contribution in [3.05, 3.63) is 41.3 Å². The second-order valence-corrected chi connectivity index (χ2v) is 3.62. The molecule has 2 rings (SSSR count). The Kier molecular flexibility index (Phi) is 3.20. The number of oxazole rings is 1. The van der Waals surface area contributed by atoms with Gasteiger partial charge in [-0.15, -0.1) is 0 Å². The van der Waals surface area contributed by atoms with Crippen LogP contribution in [0, 0.1) is 11.6 Å². The quantitative estimate of drug-likeness (QED) is 0.863. The van der Waals surface area contributed by atoms with Gasteiger partial charge >= 0.3 is 12.1 Å². The standard InChI is InChI=1S/C11H4F5NO3/c12-4-1-2-6(13)5(3-4)9-17-8(11(14,15)16)7(20-9)10(18)19/h1-3H,(H,18,19). The van der Waals surface area contributed by atoms with Crippen LogP contribution < -0.4 is 0 Å². The van der Waals surface area contributed by atoms with Crippen LogP contribution in [0.3, 0.4) is 0 Å². The zero-order valence-corrected chi connectivity index (χ0v) is 9.33. The fraction of sp³-hybridized carbons (Fsp3) is 0.0909. The average molecular weight is 293 g/mol. The molecule has 1 heterocycles. The van der Waals surface area contributed by atoms with Crippen LogP contribution >= 0.6 is 0 Å². The largest absolute Gasteiger partial charge is 0.475 e. The highest BCUT2D eigenvalue weighted by Gasteiger charge is 2.41. The lowest BCUT2D eigenvalue weighted by Crippen LogP contribution is -2.11. The summed E-state index contributed by atoms with van der Waals surface area (Å²) >= 11 is 0. The molecule has 0 atom stereocenters. The van der Waals surface area contributed by atoms with Crippen LogP contribution in [0.1, 0.15) is 16.2 Å². The number of halogens is 5. The van der Waals surface area contributed by atoms with E-state index < -0.39 is 46.7 Å². The Labute approximate surface area is 107 Å². The number of carboxylic acid groups (broad SMARTS) is 1. The number of rotatable bonds is 2. The van der Waals surface area contributed by atoms with Gasteiger partial charge in [0.1, 0.15) is 11.6 Å². The van der Waals surface area contributed by atoms with Crippen molar-refractivity contribution in [2.45, 2.75) is 6.18 Å². The second-order valence-electron chi connectivity index (χ2n) is 3.62. The van der Waals surface area contributed by atoms with Crippen LogP contribution in [0.4, 0.5) is 22.0 Å². The summed E-state index contributed by atoms with van der Waals surface area (Å²) in [4.78, 5) is 13.6. The van der Waals surface area contributed by atoms with Gasteiger partial charge in [-0.2, -0.15) is 13.2 Å². The lowest BCUT2D eigenvalue weighted by Gasteiger charge is -2.00. The van der Waals surface area contributed by atoms with Gasteiger partial charge in [-0.3, -0.25) is 0 Å². The molecule has 20 heavy (non-hydrogen) atoms. The summed E-state index contributed by atoms with van der Waals surface area (Å²) in [5.74, 6) is -6.51. The van der Waals surface area contributed by atoms with Crippen molar-refractivity contribution in [2.75, 3.05) is 0 Å². The Morgan fingerprint density at radius 1 is 1.25 bits per heavy atom. The van der Waals surface area contributed by atoms with E-state index in [2.05, 4.69) is 9.40 Å². The van der Waals surface area contributed by atoms with Crippen LogP contribution in [0.25, 0.3) is 11.5 Å². The van der Waals surface area contributed by atoms with Gasteiger partial charge in [0.05, 0.1) is 5.56 Å². The Balaban J connectivity index is 2.65. The maximum atomic E-state index is 13.4. The Morgan fingerprint density at radius 2 is 1.90 bits per heavy atom. The summed E-state index contributed by atoms with van der Waals surface area (Å²) in [5, 5.41) is 8.61. The fourth-order valence-electron chi connectivity index (χ4n) is 1.43. The van der Waals surface area contributed by atoms with Crippen molar-refractivity contribution in [3.8, 4) is 11.5 Å². The van der Waals surface area contributed by atoms with Crippen LogP contribution in [-0.4, -0.2) is 16.1 Å². The number of hydrogen-bond donors (Lipinski definition) is 1. The van der Waals surface area contributed by atoms with Gasteiger partial charge < -0.3 is 9.52 Å². The molecule has 106 valence electrons. The minimum atomic E-state index is -5.10. The van der Waals surface area contributed by atoms with Crippen molar-refractivity contribution in [2.24, 2.45) is 0 Å². The van der Waals surface area contributed by atoms with Crippen LogP contribution in [-0.2, 0) is 6.18 Å². The van der Waals surface area contributed by atoms with E-state index in [4.69, 9.17) is 5.11 Å². The first-order chi connectivity index (χ1) is 9.20. The van der Waals surface area contributed by atoms with Gasteiger partial charge in [-0.05, 0) is 18.2 Å². The molecular formula is C11H4F5NO3. The van der Waals surface area contributed by atoms with E-state index in [0.717, 1.165) is 6.07 Å². The Hall–Kier alpha value is -2.45. The molecule has 1 N–H and O–H groups in total. The topological polar surface area (TPSA) is 63.3 Å². The molecule has 0 saturated heterocycles. The van der Waals surface area contributed by atoms with Crippen molar-refractivity contribution in [3.63, 3.8) is 0 Å². The van der Waals surface area contributed by atoms with Crippen molar-refractivity contribution < 1.29 is 36.3 Å². The van der Waals surface area contributed by atoms with Crippen molar-refractivity contribution in [1.82, 2.24) is 4.98 Å². The molecule has 1 aromatic carbocycles. The summed E-state index contributed by atoms with van der Waals surface area (Å²) in [6.07, 6.45) is -5.10. The lowest BCUT2D eigenvalue weighted by atomic mass is 10.2. The van der Waals surface area contributed by atoms with E-state index in [9.17, 15) is 26.7 Å². The minimum absolute atomic E-state index is 0.549. The molecule has 0 aliphatic rings. The molecule has 4 nitrogen and oxygen atoms in total. The molecule has 2 aromatic rings. The van der Waals surface area contributed by atoms with E-state index in [0.29, 0.717) is 12.1 Å². The second kappa shape index (κ2) is 4.58. The molecule has 0 bridgehead atoms. The zero-order chi connectivity index (χ0) is 15.1. The first kappa shape index (κ1) is 14.0. The van der Waals surface area contributed by atoms with E-state index >= 15 is 0 Å². The molecule has 0 radical (unpaired) electrons. The first-order valence-electron chi connectivity index (χ1n) is 4.97. The van der Waals surface area contributed by atoms with Gasteiger partial charge in [0, 0.05) is 0 Å². The first-order valence-corrected chi connectivity index (χ1v) is 4.97. The third-order valence-electron chi connectivity index (χ3n) is 2.25. The summed E-state index contributed by atoms with van der Waals surface area (Å²) in [5.41, 5.74) is -2.52. The predicted octanol–water partition coefficient (Wildman–Crippen LogP) is 3.34. The smallest absolute Gasteiger partial charge is 0.437 e. The number of carboxylic acids is 1. The SMILES string of the molecule is O=C(O)c1oc(-c2cc(F)ccc2F)nc1C(F)(F)F. The summed E-state index contributed by atoms with van der Waals surface area (Å²) in [7, 11) is 0. The molecule has 1 aromatic heterocycles. The Morgan fingerprint density at radius 3 is 2.40 bits per heavy atom. The third-order valence-corrected chi connectivity index (χ3v) is 2.25. The lowest BCUT2D eigenvalue weighted by molar-refractivity contribution is -0.141. The number of aromatic nitrogens is 1. The van der Waals surface area contributed by atoms with Crippen LogP contribution in [0.15, 0.2) is 22.6 Å².